The summed E-state index contributed by atoms with van der Waals surface area (Å²) >= 11 is 3.41. The highest BCUT2D eigenvalue weighted by Crippen LogP contribution is 2.28. The molecule has 0 saturated carbocycles. The van der Waals surface area contributed by atoms with Gasteiger partial charge in [0.1, 0.15) is 5.75 Å². The van der Waals surface area contributed by atoms with E-state index in [1.807, 2.05) is 18.2 Å². The van der Waals surface area contributed by atoms with Gasteiger partial charge in [-0.05, 0) is 25.5 Å². The average molecular weight is 287 g/mol. The zero-order chi connectivity index (χ0) is 12.0. The van der Waals surface area contributed by atoms with Crippen molar-refractivity contribution in [3.8, 4) is 5.75 Å². The van der Waals surface area contributed by atoms with Gasteiger partial charge in [0.05, 0.1) is 12.7 Å². The summed E-state index contributed by atoms with van der Waals surface area (Å²) in [5, 5.41) is 9.60. The second-order valence-electron chi connectivity index (χ2n) is 3.91. The zero-order valence-corrected chi connectivity index (χ0v) is 11.5. The molecule has 16 heavy (non-hydrogen) atoms. The Balaban J connectivity index is 2.65. The van der Waals surface area contributed by atoms with Crippen molar-refractivity contribution in [2.24, 2.45) is 0 Å². The highest BCUT2D eigenvalue weighted by atomic mass is 79.9. The van der Waals surface area contributed by atoms with Gasteiger partial charge >= 0.3 is 0 Å². The van der Waals surface area contributed by atoms with Crippen molar-refractivity contribution in [2.45, 2.75) is 39.2 Å². The lowest BCUT2D eigenvalue weighted by molar-refractivity contribution is 0.190. The first kappa shape index (κ1) is 13.5. The predicted molar refractivity (Wildman–Crippen MR) is 69.8 cm³/mol. The molecule has 1 rings (SSSR count). The van der Waals surface area contributed by atoms with Crippen molar-refractivity contribution in [1.29, 1.82) is 0 Å². The van der Waals surface area contributed by atoms with Crippen LogP contribution in [0.1, 0.15) is 44.8 Å². The number of aliphatic hydroxyl groups excluding tert-OH is 1. The topological polar surface area (TPSA) is 29.5 Å². The standard InChI is InChI=1S/C13H19BrO2/c1-3-4-5-8-16-13-9-11(14)6-7-12(13)10(2)15/h6-7,9-10,15H,3-5,8H2,1-2H3/t10-/m1/s1. The molecule has 0 spiro atoms. The Kier molecular flexibility index (Phi) is 5.85. The maximum absolute atomic E-state index is 9.60. The Labute approximate surface area is 106 Å². The van der Waals surface area contributed by atoms with Gasteiger partial charge in [-0.3, -0.25) is 0 Å². The maximum atomic E-state index is 9.60. The van der Waals surface area contributed by atoms with Gasteiger partial charge in [-0.1, -0.05) is 41.8 Å². The Morgan fingerprint density at radius 2 is 2.12 bits per heavy atom. The van der Waals surface area contributed by atoms with Crippen molar-refractivity contribution in [2.75, 3.05) is 6.61 Å². The van der Waals surface area contributed by atoms with Crippen LogP contribution in [0.5, 0.6) is 5.75 Å². The summed E-state index contributed by atoms with van der Waals surface area (Å²) in [7, 11) is 0. The minimum absolute atomic E-state index is 0.491. The van der Waals surface area contributed by atoms with Crippen molar-refractivity contribution in [3.05, 3.63) is 28.2 Å². The van der Waals surface area contributed by atoms with E-state index < -0.39 is 6.10 Å². The molecule has 0 fully saturated rings. The van der Waals surface area contributed by atoms with Gasteiger partial charge in [0.25, 0.3) is 0 Å². The largest absolute Gasteiger partial charge is 0.493 e. The quantitative estimate of drug-likeness (QED) is 0.799. The minimum atomic E-state index is -0.491. The summed E-state index contributed by atoms with van der Waals surface area (Å²) in [6.07, 6.45) is 2.93. The number of halogens is 1. The fourth-order valence-electron chi connectivity index (χ4n) is 1.51. The molecule has 3 heteroatoms. The fraction of sp³-hybridized carbons (Fsp3) is 0.538. The van der Waals surface area contributed by atoms with Crippen LogP contribution in [-0.4, -0.2) is 11.7 Å². The molecule has 1 aromatic rings. The molecule has 0 aliphatic rings. The van der Waals surface area contributed by atoms with Gasteiger partial charge < -0.3 is 9.84 Å². The van der Waals surface area contributed by atoms with Crippen LogP contribution < -0.4 is 4.74 Å². The molecular formula is C13H19BrO2. The Morgan fingerprint density at radius 3 is 2.75 bits per heavy atom. The smallest absolute Gasteiger partial charge is 0.126 e. The first-order valence-electron chi connectivity index (χ1n) is 5.75. The van der Waals surface area contributed by atoms with E-state index in [1.54, 1.807) is 6.92 Å². The van der Waals surface area contributed by atoms with Gasteiger partial charge in [-0.15, -0.1) is 0 Å². The molecule has 0 heterocycles. The number of hydrogen-bond acceptors (Lipinski definition) is 2. The second-order valence-corrected chi connectivity index (χ2v) is 4.83. The summed E-state index contributed by atoms with van der Waals surface area (Å²) in [5.74, 6) is 0.778. The molecule has 0 saturated heterocycles. The van der Waals surface area contributed by atoms with E-state index in [4.69, 9.17) is 4.74 Å². The molecular weight excluding hydrogens is 268 g/mol. The summed E-state index contributed by atoms with van der Waals surface area (Å²) in [6.45, 7) is 4.63. The third-order valence-electron chi connectivity index (χ3n) is 2.43. The van der Waals surface area contributed by atoms with Crippen molar-refractivity contribution in [1.82, 2.24) is 0 Å². The number of rotatable bonds is 6. The van der Waals surface area contributed by atoms with Gasteiger partial charge in [0.15, 0.2) is 0 Å². The minimum Gasteiger partial charge on any atom is -0.493 e. The summed E-state index contributed by atoms with van der Waals surface area (Å²) in [4.78, 5) is 0. The Hall–Kier alpha value is -0.540. The first-order chi connectivity index (χ1) is 7.65. The zero-order valence-electron chi connectivity index (χ0n) is 9.87. The Bertz CT molecular complexity index is 324. The van der Waals surface area contributed by atoms with E-state index in [1.165, 1.54) is 12.8 Å². The van der Waals surface area contributed by atoms with Crippen LogP contribution >= 0.6 is 15.9 Å². The van der Waals surface area contributed by atoms with Gasteiger partial charge in [0, 0.05) is 10.0 Å². The van der Waals surface area contributed by atoms with Crippen molar-refractivity contribution in [3.63, 3.8) is 0 Å². The molecule has 90 valence electrons. The van der Waals surface area contributed by atoms with Gasteiger partial charge in [-0.2, -0.15) is 0 Å². The van der Waals surface area contributed by atoms with Crippen LogP contribution in [0.25, 0.3) is 0 Å². The molecule has 2 nitrogen and oxygen atoms in total. The first-order valence-corrected chi connectivity index (χ1v) is 6.54. The summed E-state index contributed by atoms with van der Waals surface area (Å²) in [5.41, 5.74) is 0.847. The lowest BCUT2D eigenvalue weighted by Gasteiger charge is -2.13. The van der Waals surface area contributed by atoms with E-state index >= 15 is 0 Å². The Morgan fingerprint density at radius 1 is 1.38 bits per heavy atom. The molecule has 1 aromatic carbocycles. The SMILES string of the molecule is CCCCCOc1cc(Br)ccc1[C@@H](C)O. The number of benzene rings is 1. The van der Waals surface area contributed by atoms with E-state index in [2.05, 4.69) is 22.9 Å². The lowest BCUT2D eigenvalue weighted by atomic mass is 10.1. The molecule has 0 amide bonds. The fourth-order valence-corrected chi connectivity index (χ4v) is 1.85. The van der Waals surface area contributed by atoms with Crippen molar-refractivity contribution < 1.29 is 9.84 Å². The molecule has 0 aromatic heterocycles. The van der Waals surface area contributed by atoms with Crippen LogP contribution in [-0.2, 0) is 0 Å². The van der Waals surface area contributed by atoms with E-state index in [0.717, 1.165) is 22.2 Å². The van der Waals surface area contributed by atoms with Crippen LogP contribution in [0.4, 0.5) is 0 Å². The molecule has 0 unspecified atom stereocenters. The molecule has 1 atom stereocenters. The third-order valence-corrected chi connectivity index (χ3v) is 2.92. The second kappa shape index (κ2) is 6.92. The molecule has 0 aliphatic carbocycles. The average Bonchev–Trinajstić information content (AvgIpc) is 2.24. The molecule has 0 aliphatic heterocycles. The number of unbranched alkanes of at least 4 members (excludes halogenated alkanes) is 2. The number of hydrogen-bond donors (Lipinski definition) is 1. The molecule has 1 N–H and O–H groups in total. The maximum Gasteiger partial charge on any atom is 0.126 e. The normalized spacial score (nSPS) is 12.5. The molecule has 0 bridgehead atoms. The van der Waals surface area contributed by atoms with Gasteiger partial charge in [0.2, 0.25) is 0 Å². The van der Waals surface area contributed by atoms with Crippen molar-refractivity contribution >= 4 is 15.9 Å². The third kappa shape index (κ3) is 4.14. The predicted octanol–water partition coefficient (Wildman–Crippen LogP) is 4.07. The van der Waals surface area contributed by atoms with Gasteiger partial charge in [-0.25, -0.2) is 0 Å². The van der Waals surface area contributed by atoms with E-state index in [-0.39, 0.29) is 0 Å². The highest BCUT2D eigenvalue weighted by Gasteiger charge is 2.09. The number of ether oxygens (including phenoxy) is 1. The van der Waals surface area contributed by atoms with Crippen LogP contribution in [0.3, 0.4) is 0 Å². The summed E-state index contributed by atoms with van der Waals surface area (Å²) in [6, 6.07) is 5.72. The monoisotopic (exact) mass is 286 g/mol. The number of aliphatic hydroxyl groups is 1. The van der Waals surface area contributed by atoms with Crippen LogP contribution in [0, 0.1) is 0 Å². The van der Waals surface area contributed by atoms with Crippen LogP contribution in [0.15, 0.2) is 22.7 Å². The van der Waals surface area contributed by atoms with Crippen LogP contribution in [0.2, 0.25) is 0 Å². The molecule has 0 radical (unpaired) electrons. The lowest BCUT2D eigenvalue weighted by Crippen LogP contribution is -2.02. The highest BCUT2D eigenvalue weighted by molar-refractivity contribution is 9.10. The van der Waals surface area contributed by atoms with E-state index in [9.17, 15) is 5.11 Å². The summed E-state index contributed by atoms with van der Waals surface area (Å²) < 4.78 is 6.67. The van der Waals surface area contributed by atoms with E-state index in [0.29, 0.717) is 6.61 Å².